The fraction of sp³-hybridized carbons (Fsp3) is 0.167. The molecule has 0 unspecified atom stereocenters. The number of rotatable bonds is 9. The van der Waals surface area contributed by atoms with Crippen LogP contribution in [0.4, 0.5) is 24.5 Å². The Balaban J connectivity index is 1.38. The Morgan fingerprint density at radius 1 is 0.758 bits per heavy atom. The smallest absolute Gasteiger partial charge is 0.416 e. The van der Waals surface area contributed by atoms with Crippen molar-refractivity contribution in [1.82, 2.24) is 0 Å². The molecule has 172 valence electrons. The molecule has 3 aromatic rings. The first kappa shape index (κ1) is 23.8. The van der Waals surface area contributed by atoms with Crippen LogP contribution in [0.2, 0.25) is 0 Å². The maximum Gasteiger partial charge on any atom is 0.416 e. The predicted octanol–water partition coefficient (Wildman–Crippen LogP) is 4.88. The summed E-state index contributed by atoms with van der Waals surface area (Å²) >= 11 is 0. The van der Waals surface area contributed by atoms with E-state index in [9.17, 15) is 22.8 Å². The largest absolute Gasteiger partial charge is 0.489 e. The minimum absolute atomic E-state index is 0.0163. The first-order valence-corrected chi connectivity index (χ1v) is 9.91. The van der Waals surface area contributed by atoms with Gasteiger partial charge in [-0.3, -0.25) is 9.59 Å². The van der Waals surface area contributed by atoms with Gasteiger partial charge in [-0.2, -0.15) is 13.2 Å². The second kappa shape index (κ2) is 11.1. The van der Waals surface area contributed by atoms with Gasteiger partial charge in [-0.25, -0.2) is 0 Å². The molecule has 0 saturated carbocycles. The molecule has 0 spiro atoms. The van der Waals surface area contributed by atoms with Gasteiger partial charge in [0.15, 0.2) is 0 Å². The third-order valence-corrected chi connectivity index (χ3v) is 4.33. The topological polar surface area (TPSA) is 76.7 Å². The van der Waals surface area contributed by atoms with Crippen molar-refractivity contribution in [3.8, 4) is 5.75 Å². The van der Waals surface area contributed by atoms with E-state index in [4.69, 9.17) is 9.47 Å². The van der Waals surface area contributed by atoms with E-state index in [1.807, 2.05) is 30.3 Å². The molecule has 2 N–H and O–H groups in total. The van der Waals surface area contributed by atoms with Gasteiger partial charge in [0.2, 0.25) is 11.8 Å². The van der Waals surface area contributed by atoms with E-state index in [0.717, 1.165) is 17.7 Å². The molecule has 0 aliphatic heterocycles. The average Bonchev–Trinajstić information content (AvgIpc) is 2.79. The second-order valence-electron chi connectivity index (χ2n) is 6.97. The Morgan fingerprint density at radius 2 is 1.39 bits per heavy atom. The molecule has 0 saturated heterocycles. The number of carbonyl (C=O) groups excluding carboxylic acids is 2. The van der Waals surface area contributed by atoms with Crippen LogP contribution in [0.3, 0.4) is 0 Å². The molecule has 0 aromatic heterocycles. The maximum absolute atomic E-state index is 12.7. The van der Waals surface area contributed by atoms with Gasteiger partial charge in [-0.15, -0.1) is 0 Å². The van der Waals surface area contributed by atoms with Gasteiger partial charge >= 0.3 is 6.18 Å². The van der Waals surface area contributed by atoms with Crippen molar-refractivity contribution in [2.75, 3.05) is 23.8 Å². The van der Waals surface area contributed by atoms with Crippen molar-refractivity contribution < 1.29 is 32.2 Å². The highest BCUT2D eigenvalue weighted by Gasteiger charge is 2.30. The molecule has 0 radical (unpaired) electrons. The van der Waals surface area contributed by atoms with Crippen LogP contribution in [0, 0.1) is 0 Å². The monoisotopic (exact) mass is 458 g/mol. The van der Waals surface area contributed by atoms with E-state index in [-0.39, 0.29) is 5.69 Å². The Labute approximate surface area is 188 Å². The molecule has 6 nitrogen and oxygen atoms in total. The van der Waals surface area contributed by atoms with Crippen molar-refractivity contribution in [3.63, 3.8) is 0 Å². The standard InChI is InChI=1S/C24H21F3N2O4/c25-24(26,27)18-7-4-8-20(13-18)29-23(31)16-32-15-22(30)28-19-9-11-21(12-10-19)33-14-17-5-2-1-3-6-17/h1-13H,14-16H2,(H,28,30)(H,29,31). The molecule has 3 rings (SSSR count). The molecule has 9 heteroatoms. The average molecular weight is 458 g/mol. The van der Waals surface area contributed by atoms with E-state index in [1.54, 1.807) is 24.3 Å². The molecule has 0 bridgehead atoms. The molecular formula is C24H21F3N2O4. The lowest BCUT2D eigenvalue weighted by molar-refractivity contribution is -0.137. The lowest BCUT2D eigenvalue weighted by Crippen LogP contribution is -2.24. The van der Waals surface area contributed by atoms with E-state index >= 15 is 0 Å². The summed E-state index contributed by atoms with van der Waals surface area (Å²) in [6.45, 7) is -0.471. The van der Waals surface area contributed by atoms with Crippen LogP contribution in [0.15, 0.2) is 78.9 Å². The molecule has 0 aliphatic rings. The van der Waals surface area contributed by atoms with E-state index < -0.39 is 36.8 Å². The van der Waals surface area contributed by atoms with Crippen LogP contribution in [-0.2, 0) is 27.1 Å². The molecule has 0 fully saturated rings. The van der Waals surface area contributed by atoms with Crippen LogP contribution in [0.25, 0.3) is 0 Å². The van der Waals surface area contributed by atoms with Crippen LogP contribution < -0.4 is 15.4 Å². The number of amides is 2. The Morgan fingerprint density at radius 3 is 2.03 bits per heavy atom. The summed E-state index contributed by atoms with van der Waals surface area (Å²) in [7, 11) is 0. The molecule has 2 amide bonds. The Hall–Kier alpha value is -3.85. The predicted molar refractivity (Wildman–Crippen MR) is 117 cm³/mol. The van der Waals surface area contributed by atoms with Gasteiger partial charge < -0.3 is 20.1 Å². The zero-order chi connectivity index (χ0) is 23.7. The highest BCUT2D eigenvalue weighted by molar-refractivity contribution is 5.93. The van der Waals surface area contributed by atoms with Crippen molar-refractivity contribution in [3.05, 3.63) is 90.0 Å². The van der Waals surface area contributed by atoms with E-state index in [1.165, 1.54) is 12.1 Å². The first-order chi connectivity index (χ1) is 15.8. The van der Waals surface area contributed by atoms with Gasteiger partial charge in [0.1, 0.15) is 25.6 Å². The van der Waals surface area contributed by atoms with Crippen LogP contribution >= 0.6 is 0 Å². The van der Waals surface area contributed by atoms with Crippen LogP contribution in [-0.4, -0.2) is 25.0 Å². The van der Waals surface area contributed by atoms with Crippen molar-refractivity contribution in [2.24, 2.45) is 0 Å². The minimum Gasteiger partial charge on any atom is -0.489 e. The number of anilines is 2. The minimum atomic E-state index is -4.51. The summed E-state index contributed by atoms with van der Waals surface area (Å²) < 4.78 is 48.9. The maximum atomic E-state index is 12.7. The highest BCUT2D eigenvalue weighted by Crippen LogP contribution is 2.30. The summed E-state index contributed by atoms with van der Waals surface area (Å²) in [6.07, 6.45) is -4.51. The van der Waals surface area contributed by atoms with Crippen LogP contribution in [0.5, 0.6) is 5.75 Å². The molecule has 33 heavy (non-hydrogen) atoms. The lowest BCUT2D eigenvalue weighted by atomic mass is 10.2. The number of alkyl halides is 3. The quantitative estimate of drug-likeness (QED) is 0.479. The van der Waals surface area contributed by atoms with Gasteiger partial charge in [0, 0.05) is 11.4 Å². The molecule has 0 heterocycles. The summed E-state index contributed by atoms with van der Waals surface area (Å²) in [5.74, 6) is -0.527. The Kier molecular flexibility index (Phi) is 8.04. The number of benzene rings is 3. The normalized spacial score (nSPS) is 11.0. The van der Waals surface area contributed by atoms with Crippen molar-refractivity contribution >= 4 is 23.2 Å². The van der Waals surface area contributed by atoms with Gasteiger partial charge in [-0.1, -0.05) is 36.4 Å². The number of carbonyl (C=O) groups is 2. The number of halogens is 3. The molecular weight excluding hydrogens is 437 g/mol. The van der Waals surface area contributed by atoms with Crippen molar-refractivity contribution in [2.45, 2.75) is 12.8 Å². The summed E-state index contributed by atoms with van der Waals surface area (Å²) in [4.78, 5) is 23.8. The summed E-state index contributed by atoms with van der Waals surface area (Å²) in [5.41, 5.74) is 0.655. The number of nitrogens with one attached hydrogen (secondary N) is 2. The zero-order valence-electron chi connectivity index (χ0n) is 17.4. The lowest BCUT2D eigenvalue weighted by Gasteiger charge is -2.10. The highest BCUT2D eigenvalue weighted by atomic mass is 19.4. The fourth-order valence-corrected chi connectivity index (χ4v) is 2.78. The van der Waals surface area contributed by atoms with E-state index in [2.05, 4.69) is 10.6 Å². The zero-order valence-corrected chi connectivity index (χ0v) is 17.4. The third-order valence-electron chi connectivity index (χ3n) is 4.33. The summed E-state index contributed by atoms with van der Waals surface area (Å²) in [6, 6.07) is 20.7. The number of ether oxygens (including phenoxy) is 2. The first-order valence-electron chi connectivity index (χ1n) is 9.91. The molecule has 0 aliphatic carbocycles. The molecule has 3 aromatic carbocycles. The third kappa shape index (κ3) is 7.97. The number of hydrogen-bond acceptors (Lipinski definition) is 4. The van der Waals surface area contributed by atoms with E-state index in [0.29, 0.717) is 18.0 Å². The van der Waals surface area contributed by atoms with Gasteiger partial charge in [-0.05, 0) is 48.0 Å². The second-order valence-corrected chi connectivity index (χ2v) is 6.97. The van der Waals surface area contributed by atoms with Crippen molar-refractivity contribution in [1.29, 1.82) is 0 Å². The Bertz CT molecular complexity index is 1070. The van der Waals surface area contributed by atoms with Gasteiger partial charge in [0.25, 0.3) is 0 Å². The van der Waals surface area contributed by atoms with Crippen LogP contribution in [0.1, 0.15) is 11.1 Å². The number of hydrogen-bond donors (Lipinski definition) is 2. The van der Waals surface area contributed by atoms with Gasteiger partial charge in [0.05, 0.1) is 5.56 Å². The SMILES string of the molecule is O=C(COCC(=O)Nc1cccc(C(F)(F)F)c1)Nc1ccc(OCc2ccccc2)cc1. The fourth-order valence-electron chi connectivity index (χ4n) is 2.78. The molecule has 0 atom stereocenters. The summed E-state index contributed by atoms with van der Waals surface area (Å²) in [5, 5.41) is 4.91.